The Balaban J connectivity index is 1.96. The number of ether oxygens (including phenoxy) is 1. The van der Waals surface area contributed by atoms with Crippen molar-refractivity contribution in [2.45, 2.75) is 39.0 Å². The fraction of sp³-hybridized carbons (Fsp3) is 0.556. The second kappa shape index (κ2) is 9.67. The van der Waals surface area contributed by atoms with E-state index in [4.69, 9.17) is 4.74 Å². The van der Waals surface area contributed by atoms with Crippen LogP contribution in [0.2, 0.25) is 0 Å². The first-order valence-corrected chi connectivity index (χ1v) is 9.21. The van der Waals surface area contributed by atoms with Crippen LogP contribution in [-0.4, -0.2) is 41.0 Å². The third kappa shape index (κ3) is 5.84. The van der Waals surface area contributed by atoms with Gasteiger partial charge in [0, 0.05) is 19.3 Å². The van der Waals surface area contributed by atoms with Crippen molar-refractivity contribution in [3.05, 3.63) is 35.9 Å². The van der Waals surface area contributed by atoms with Crippen LogP contribution in [0.1, 0.15) is 38.2 Å². The lowest BCUT2D eigenvalue weighted by atomic mass is 10.1. The molecule has 1 aliphatic heterocycles. The highest BCUT2D eigenvalue weighted by atomic mass is 32.2. The van der Waals surface area contributed by atoms with Crippen molar-refractivity contribution in [3.63, 3.8) is 0 Å². The Hall–Kier alpha value is -1.29. The van der Waals surface area contributed by atoms with Gasteiger partial charge < -0.3 is 4.74 Å². The molecular formula is C18H26NO2S+. The minimum Gasteiger partial charge on any atom is -0.465 e. The van der Waals surface area contributed by atoms with Gasteiger partial charge in [0.1, 0.15) is 18.8 Å². The number of nitrogens with zero attached hydrogens (tertiary/aromatic N) is 1. The summed E-state index contributed by atoms with van der Waals surface area (Å²) in [5.74, 6) is 0.316. The normalized spacial score (nSPS) is 14.7. The van der Waals surface area contributed by atoms with Crippen LogP contribution in [0.4, 0.5) is 0 Å². The number of rotatable bonds is 6. The number of carbonyl (C=O) groups excluding carboxylic acids is 1. The van der Waals surface area contributed by atoms with Crippen molar-refractivity contribution in [3.8, 4) is 0 Å². The number of piperidine rings is 1. The number of aryl methyl sites for hydroxylation is 1. The average molecular weight is 320 g/mol. The topological polar surface area (TPSA) is 29.3 Å². The van der Waals surface area contributed by atoms with Gasteiger partial charge in [-0.05, 0) is 25.3 Å². The monoisotopic (exact) mass is 320 g/mol. The van der Waals surface area contributed by atoms with Gasteiger partial charge >= 0.3 is 5.97 Å². The van der Waals surface area contributed by atoms with Crippen molar-refractivity contribution in [2.24, 2.45) is 0 Å². The second-order valence-corrected chi connectivity index (χ2v) is 6.57. The summed E-state index contributed by atoms with van der Waals surface area (Å²) in [6, 6.07) is 10.6. The zero-order valence-electron chi connectivity index (χ0n) is 13.4. The molecule has 0 bridgehead atoms. The molecule has 4 heteroatoms. The van der Waals surface area contributed by atoms with Gasteiger partial charge in [-0.2, -0.15) is 0 Å². The quantitative estimate of drug-likeness (QED) is 0.456. The minimum atomic E-state index is -0.110. The largest absolute Gasteiger partial charge is 0.465 e. The summed E-state index contributed by atoms with van der Waals surface area (Å²) in [6.07, 6.45) is 5.88. The van der Waals surface area contributed by atoms with Crippen molar-refractivity contribution in [2.75, 3.05) is 25.4 Å². The first-order chi connectivity index (χ1) is 10.8. The molecule has 1 aromatic rings. The Kier molecular flexibility index (Phi) is 7.50. The lowest BCUT2D eigenvalue weighted by Gasteiger charge is -2.14. The standard InChI is InChI=1S/C18H26NO2S/c1-2-21-18(20)15-22-17(19-13-7-4-8-14-19)12-11-16-9-5-3-6-10-16/h3,5-6,9-10H,2,4,7-8,11-15H2,1H3/q+1. The van der Waals surface area contributed by atoms with E-state index in [1.807, 2.05) is 13.0 Å². The fourth-order valence-corrected chi connectivity index (χ4v) is 3.69. The zero-order chi connectivity index (χ0) is 15.6. The fourth-order valence-electron chi connectivity index (χ4n) is 2.71. The number of hydrogen-bond acceptors (Lipinski definition) is 3. The molecule has 0 amide bonds. The molecule has 0 unspecified atom stereocenters. The Morgan fingerprint density at radius 3 is 2.59 bits per heavy atom. The number of esters is 1. The Bertz CT molecular complexity index is 491. The third-order valence-electron chi connectivity index (χ3n) is 3.84. The van der Waals surface area contributed by atoms with Crippen LogP contribution in [0.15, 0.2) is 30.3 Å². The van der Waals surface area contributed by atoms with Crippen molar-refractivity contribution < 1.29 is 14.1 Å². The first kappa shape index (κ1) is 17.1. The average Bonchev–Trinajstić information content (AvgIpc) is 2.57. The van der Waals surface area contributed by atoms with Gasteiger partial charge in [0.15, 0.2) is 0 Å². The van der Waals surface area contributed by atoms with Crippen LogP contribution in [0.5, 0.6) is 0 Å². The molecular weight excluding hydrogens is 294 g/mol. The van der Waals surface area contributed by atoms with E-state index in [-0.39, 0.29) is 5.97 Å². The van der Waals surface area contributed by atoms with E-state index in [1.54, 1.807) is 11.8 Å². The van der Waals surface area contributed by atoms with Gasteiger partial charge in [-0.25, -0.2) is 4.58 Å². The van der Waals surface area contributed by atoms with Crippen LogP contribution >= 0.6 is 11.8 Å². The first-order valence-electron chi connectivity index (χ1n) is 8.22. The Labute approximate surface area is 137 Å². The highest BCUT2D eigenvalue weighted by Crippen LogP contribution is 2.16. The molecule has 2 rings (SSSR count). The maximum atomic E-state index is 11.6. The summed E-state index contributed by atoms with van der Waals surface area (Å²) >= 11 is 1.66. The second-order valence-electron chi connectivity index (χ2n) is 5.52. The summed E-state index contributed by atoms with van der Waals surface area (Å²) in [6.45, 7) is 4.57. The SMILES string of the molecule is CCOC(=O)CSC(CCc1ccccc1)=[N+]1CCCCC1. The molecule has 1 aromatic carbocycles. The van der Waals surface area contributed by atoms with Gasteiger partial charge in [0.25, 0.3) is 0 Å². The van der Waals surface area contributed by atoms with Crippen molar-refractivity contribution >= 4 is 22.8 Å². The van der Waals surface area contributed by atoms with E-state index in [2.05, 4.69) is 28.8 Å². The number of thioether (sulfide) groups is 1. The Morgan fingerprint density at radius 1 is 1.18 bits per heavy atom. The molecule has 0 saturated carbocycles. The maximum absolute atomic E-state index is 11.6. The van der Waals surface area contributed by atoms with Gasteiger partial charge in [-0.15, -0.1) is 0 Å². The molecule has 1 saturated heterocycles. The molecule has 0 aliphatic carbocycles. The highest BCUT2D eigenvalue weighted by molar-refractivity contribution is 8.14. The van der Waals surface area contributed by atoms with E-state index < -0.39 is 0 Å². The van der Waals surface area contributed by atoms with Crippen molar-refractivity contribution in [1.82, 2.24) is 0 Å². The molecule has 3 nitrogen and oxygen atoms in total. The third-order valence-corrected chi connectivity index (χ3v) is 5.02. The number of carbonyl (C=O) groups is 1. The molecule has 0 N–H and O–H groups in total. The summed E-state index contributed by atoms with van der Waals surface area (Å²) in [5.41, 5.74) is 1.36. The minimum absolute atomic E-state index is 0.110. The predicted molar refractivity (Wildman–Crippen MR) is 92.7 cm³/mol. The van der Waals surface area contributed by atoms with Gasteiger partial charge in [0.05, 0.1) is 6.61 Å². The van der Waals surface area contributed by atoms with Crippen molar-refractivity contribution in [1.29, 1.82) is 0 Å². The molecule has 1 heterocycles. The van der Waals surface area contributed by atoms with Gasteiger partial charge in [-0.1, -0.05) is 42.1 Å². The van der Waals surface area contributed by atoms with E-state index in [9.17, 15) is 4.79 Å². The van der Waals surface area contributed by atoms with Gasteiger partial charge in [-0.3, -0.25) is 4.79 Å². The summed E-state index contributed by atoms with van der Waals surface area (Å²) < 4.78 is 7.52. The molecule has 0 atom stereocenters. The van der Waals surface area contributed by atoms with E-state index in [1.165, 1.54) is 29.9 Å². The molecule has 0 aromatic heterocycles. The van der Waals surface area contributed by atoms with E-state index in [0.29, 0.717) is 12.4 Å². The van der Waals surface area contributed by atoms with Crippen LogP contribution in [0, 0.1) is 0 Å². The molecule has 1 fully saturated rings. The smallest absolute Gasteiger partial charge is 0.316 e. The predicted octanol–water partition coefficient (Wildman–Crippen LogP) is 3.51. The number of benzene rings is 1. The molecule has 0 spiro atoms. The molecule has 22 heavy (non-hydrogen) atoms. The van der Waals surface area contributed by atoms with Crippen LogP contribution in [0.3, 0.4) is 0 Å². The summed E-state index contributed by atoms with van der Waals surface area (Å²) in [5, 5.41) is 1.34. The van der Waals surface area contributed by atoms with E-state index in [0.717, 1.165) is 25.9 Å². The van der Waals surface area contributed by atoms with Gasteiger partial charge in [0.2, 0.25) is 5.04 Å². The summed E-state index contributed by atoms with van der Waals surface area (Å²) in [4.78, 5) is 11.6. The lowest BCUT2D eigenvalue weighted by Crippen LogP contribution is -2.26. The Morgan fingerprint density at radius 2 is 1.91 bits per heavy atom. The van der Waals surface area contributed by atoms with Crippen LogP contribution in [-0.2, 0) is 16.0 Å². The highest BCUT2D eigenvalue weighted by Gasteiger charge is 2.20. The van der Waals surface area contributed by atoms with Crippen LogP contribution in [0.25, 0.3) is 0 Å². The zero-order valence-corrected chi connectivity index (χ0v) is 14.2. The molecule has 1 aliphatic rings. The molecule has 120 valence electrons. The van der Waals surface area contributed by atoms with Crippen LogP contribution < -0.4 is 0 Å². The number of hydrogen-bond donors (Lipinski definition) is 0. The maximum Gasteiger partial charge on any atom is 0.316 e. The lowest BCUT2D eigenvalue weighted by molar-refractivity contribution is -0.535. The van der Waals surface area contributed by atoms with E-state index >= 15 is 0 Å². The summed E-state index contributed by atoms with van der Waals surface area (Å²) in [7, 11) is 0. The molecule has 0 radical (unpaired) electrons.